The molecular weight excluding hydrogens is 336 g/mol. The summed E-state index contributed by atoms with van der Waals surface area (Å²) in [5.41, 5.74) is 2.43. The van der Waals surface area contributed by atoms with E-state index in [1.54, 1.807) is 13.8 Å². The van der Waals surface area contributed by atoms with Crippen molar-refractivity contribution in [3.8, 4) is 40.3 Å². The number of para-hydroxylation sites is 1. The maximum atomic E-state index is 12.4. The van der Waals surface area contributed by atoms with Crippen molar-refractivity contribution in [2.24, 2.45) is 0 Å². The lowest BCUT2D eigenvalue weighted by Gasteiger charge is -2.20. The molecule has 0 N–H and O–H groups in total. The smallest absolute Gasteiger partial charge is 0.415 e. The predicted octanol–water partition coefficient (Wildman–Crippen LogP) is 5.95. The first-order valence-corrected chi connectivity index (χ1v) is 8.62. The van der Waals surface area contributed by atoms with Crippen molar-refractivity contribution in [1.29, 1.82) is 0 Å². The zero-order valence-electron chi connectivity index (χ0n) is 15.3. The van der Waals surface area contributed by atoms with Crippen LogP contribution in [0.4, 0.5) is 4.79 Å². The minimum Gasteiger partial charge on any atom is -0.415 e. The monoisotopic (exact) mass is 356 g/mol. The average molecular weight is 356 g/mol. The minimum atomic E-state index is -1.05. The number of rotatable bonds is 4. The quantitative estimate of drug-likeness (QED) is 0.329. The van der Waals surface area contributed by atoms with E-state index >= 15 is 0 Å². The van der Waals surface area contributed by atoms with Crippen LogP contribution in [0.1, 0.15) is 13.8 Å². The molecule has 0 heterocycles. The second-order valence-electron chi connectivity index (χ2n) is 6.52. The van der Waals surface area contributed by atoms with Gasteiger partial charge in [-0.15, -0.1) is 6.42 Å². The normalized spacial score (nSPS) is 10.7. The third-order valence-electron chi connectivity index (χ3n) is 4.06. The molecule has 0 saturated carbocycles. The molecule has 27 heavy (non-hydrogen) atoms. The molecule has 0 unspecified atom stereocenters. The van der Waals surface area contributed by atoms with Gasteiger partial charge in [-0.2, -0.15) is 0 Å². The van der Waals surface area contributed by atoms with E-state index < -0.39 is 11.8 Å². The van der Waals surface area contributed by atoms with Crippen LogP contribution in [0.3, 0.4) is 0 Å². The Morgan fingerprint density at radius 1 is 0.815 bits per heavy atom. The second kappa shape index (κ2) is 7.80. The number of ether oxygens (including phenoxy) is 2. The summed E-state index contributed by atoms with van der Waals surface area (Å²) in [6.45, 7) is 3.27. The Hall–Kier alpha value is -3.51. The molecule has 0 aliphatic heterocycles. The largest absolute Gasteiger partial charge is 0.515 e. The summed E-state index contributed by atoms with van der Waals surface area (Å²) < 4.78 is 10.9. The number of carbonyl (C=O) groups excluding carboxylic acids is 1. The zero-order valence-corrected chi connectivity index (χ0v) is 15.3. The fourth-order valence-corrected chi connectivity index (χ4v) is 2.68. The highest BCUT2D eigenvalue weighted by atomic mass is 16.7. The average Bonchev–Trinajstić information content (AvgIpc) is 2.69. The molecule has 134 valence electrons. The second-order valence-corrected chi connectivity index (χ2v) is 6.52. The van der Waals surface area contributed by atoms with Crippen molar-refractivity contribution in [2.45, 2.75) is 19.4 Å². The molecule has 3 aromatic carbocycles. The topological polar surface area (TPSA) is 35.5 Å². The van der Waals surface area contributed by atoms with Crippen LogP contribution >= 0.6 is 0 Å². The highest BCUT2D eigenvalue weighted by Crippen LogP contribution is 2.39. The third kappa shape index (κ3) is 4.37. The van der Waals surface area contributed by atoms with E-state index in [1.807, 2.05) is 78.9 Å². The summed E-state index contributed by atoms with van der Waals surface area (Å²) in [6.07, 6.45) is 4.57. The maximum absolute atomic E-state index is 12.4. The Balaban J connectivity index is 2.08. The van der Waals surface area contributed by atoms with Gasteiger partial charge in [0.15, 0.2) is 5.60 Å². The number of hydrogen-bond acceptors (Lipinski definition) is 3. The van der Waals surface area contributed by atoms with E-state index in [2.05, 4.69) is 5.92 Å². The van der Waals surface area contributed by atoms with E-state index in [0.29, 0.717) is 5.75 Å². The number of terminal acetylenes is 1. The first-order chi connectivity index (χ1) is 13.0. The van der Waals surface area contributed by atoms with E-state index in [-0.39, 0.29) is 0 Å². The van der Waals surface area contributed by atoms with Crippen LogP contribution in [0.25, 0.3) is 22.3 Å². The van der Waals surface area contributed by atoms with E-state index in [0.717, 1.165) is 22.3 Å². The molecule has 0 spiro atoms. The van der Waals surface area contributed by atoms with Crippen LogP contribution in [0.5, 0.6) is 5.75 Å². The Bertz CT molecular complexity index is 910. The van der Waals surface area contributed by atoms with Crippen LogP contribution in [0.15, 0.2) is 78.9 Å². The lowest BCUT2D eigenvalue weighted by molar-refractivity contribution is 0.0421. The van der Waals surface area contributed by atoms with Crippen molar-refractivity contribution in [3.63, 3.8) is 0 Å². The zero-order chi connectivity index (χ0) is 19.3. The summed E-state index contributed by atoms with van der Waals surface area (Å²) >= 11 is 0. The molecule has 0 atom stereocenters. The summed E-state index contributed by atoms with van der Waals surface area (Å²) in [4.78, 5) is 12.4. The fourth-order valence-electron chi connectivity index (χ4n) is 2.68. The van der Waals surface area contributed by atoms with Crippen molar-refractivity contribution in [1.82, 2.24) is 0 Å². The van der Waals surface area contributed by atoms with Gasteiger partial charge in [0.25, 0.3) is 0 Å². The van der Waals surface area contributed by atoms with Gasteiger partial charge in [0, 0.05) is 11.1 Å². The molecule has 3 heteroatoms. The highest BCUT2D eigenvalue weighted by Gasteiger charge is 2.23. The van der Waals surface area contributed by atoms with Gasteiger partial charge in [-0.1, -0.05) is 84.8 Å². The van der Waals surface area contributed by atoms with Gasteiger partial charge in [0.05, 0.1) is 0 Å². The molecule has 0 bridgehead atoms. The van der Waals surface area contributed by atoms with Crippen molar-refractivity contribution in [3.05, 3.63) is 78.9 Å². The Labute approximate surface area is 159 Å². The highest BCUT2D eigenvalue weighted by molar-refractivity contribution is 5.85. The van der Waals surface area contributed by atoms with Gasteiger partial charge in [0.2, 0.25) is 0 Å². The van der Waals surface area contributed by atoms with Crippen LogP contribution in [-0.2, 0) is 4.74 Å². The molecule has 0 aliphatic rings. The van der Waals surface area contributed by atoms with Crippen LogP contribution in [0, 0.1) is 12.3 Å². The Morgan fingerprint density at radius 3 is 1.74 bits per heavy atom. The SMILES string of the molecule is C#CC(C)(C)OC(=O)Oc1c(-c2ccccc2)cccc1-c1ccccc1. The lowest BCUT2D eigenvalue weighted by Crippen LogP contribution is -2.28. The standard InChI is InChI=1S/C24H20O3/c1-4-24(2,3)27-23(25)26-22-20(18-12-7-5-8-13-18)16-11-17-21(22)19-14-9-6-10-15-19/h1,5-17H,2-3H3. The van der Waals surface area contributed by atoms with E-state index in [4.69, 9.17) is 15.9 Å². The van der Waals surface area contributed by atoms with Gasteiger partial charge in [-0.3, -0.25) is 0 Å². The summed E-state index contributed by atoms with van der Waals surface area (Å²) in [5, 5.41) is 0. The Morgan fingerprint density at radius 2 is 1.30 bits per heavy atom. The maximum Gasteiger partial charge on any atom is 0.515 e. The molecule has 0 amide bonds. The molecule has 0 aromatic heterocycles. The van der Waals surface area contributed by atoms with Crippen LogP contribution in [-0.4, -0.2) is 11.8 Å². The number of hydrogen-bond donors (Lipinski definition) is 0. The van der Waals surface area contributed by atoms with Crippen molar-refractivity contribution < 1.29 is 14.3 Å². The van der Waals surface area contributed by atoms with Crippen LogP contribution in [0.2, 0.25) is 0 Å². The minimum absolute atomic E-state index is 0.438. The molecule has 0 aliphatic carbocycles. The van der Waals surface area contributed by atoms with Gasteiger partial charge in [-0.25, -0.2) is 4.79 Å². The third-order valence-corrected chi connectivity index (χ3v) is 4.06. The van der Waals surface area contributed by atoms with Crippen molar-refractivity contribution in [2.75, 3.05) is 0 Å². The first kappa shape index (κ1) is 18.3. The predicted molar refractivity (Wildman–Crippen MR) is 107 cm³/mol. The molecule has 3 aromatic rings. The van der Waals surface area contributed by atoms with Gasteiger partial charge in [-0.05, 0) is 25.0 Å². The summed E-state index contributed by atoms with van der Waals surface area (Å²) in [6, 6.07) is 25.3. The van der Waals surface area contributed by atoms with E-state index in [9.17, 15) is 4.79 Å². The first-order valence-electron chi connectivity index (χ1n) is 8.62. The van der Waals surface area contributed by atoms with Gasteiger partial charge >= 0.3 is 6.16 Å². The fraction of sp³-hybridized carbons (Fsp3) is 0.125. The van der Waals surface area contributed by atoms with Gasteiger partial charge in [0.1, 0.15) is 5.75 Å². The molecular formula is C24H20O3. The van der Waals surface area contributed by atoms with E-state index in [1.165, 1.54) is 0 Å². The summed E-state index contributed by atoms with van der Waals surface area (Å²) in [5.74, 6) is 2.87. The summed E-state index contributed by atoms with van der Waals surface area (Å²) in [7, 11) is 0. The number of carbonyl (C=O) groups is 1. The molecule has 3 nitrogen and oxygen atoms in total. The lowest BCUT2D eigenvalue weighted by atomic mass is 9.97. The Kier molecular flexibility index (Phi) is 5.28. The number of benzene rings is 3. The molecule has 0 radical (unpaired) electrons. The molecule has 0 fully saturated rings. The van der Waals surface area contributed by atoms with Gasteiger partial charge < -0.3 is 9.47 Å². The van der Waals surface area contributed by atoms with Crippen molar-refractivity contribution >= 4 is 6.16 Å². The molecule has 0 saturated heterocycles. The molecule has 3 rings (SSSR count). The van der Waals surface area contributed by atoms with Crippen LogP contribution < -0.4 is 4.74 Å².